The number of benzene rings is 2. The molecule has 1 aliphatic heterocycles. The zero-order chi connectivity index (χ0) is 18.7. The van der Waals surface area contributed by atoms with Gasteiger partial charge >= 0.3 is 0 Å². The Morgan fingerprint density at radius 3 is 2.54 bits per heavy atom. The van der Waals surface area contributed by atoms with Gasteiger partial charge in [0, 0.05) is 17.2 Å². The predicted molar refractivity (Wildman–Crippen MR) is 101 cm³/mol. The lowest BCUT2D eigenvalue weighted by Crippen LogP contribution is -2.43. The Morgan fingerprint density at radius 1 is 1.12 bits per heavy atom. The summed E-state index contributed by atoms with van der Waals surface area (Å²) < 4.78 is 11.2. The summed E-state index contributed by atoms with van der Waals surface area (Å²) >= 11 is 0. The fourth-order valence-corrected chi connectivity index (χ4v) is 3.41. The number of rotatable bonds is 5. The van der Waals surface area contributed by atoms with Crippen LogP contribution in [-0.4, -0.2) is 30.3 Å². The van der Waals surface area contributed by atoms with E-state index in [1.54, 1.807) is 23.1 Å². The summed E-state index contributed by atoms with van der Waals surface area (Å²) in [5, 5.41) is 10.3. The predicted octanol–water partition coefficient (Wildman–Crippen LogP) is 3.96. The van der Waals surface area contributed by atoms with Crippen LogP contribution in [-0.2, 0) is 0 Å². The Morgan fingerprint density at radius 2 is 1.81 bits per heavy atom. The molecule has 0 aliphatic carbocycles. The van der Waals surface area contributed by atoms with Gasteiger partial charge in [-0.3, -0.25) is 4.79 Å². The van der Waals surface area contributed by atoms with Crippen LogP contribution in [0.25, 0.3) is 0 Å². The molecule has 2 aromatic carbocycles. The van der Waals surface area contributed by atoms with E-state index in [1.807, 2.05) is 45.0 Å². The van der Waals surface area contributed by atoms with Crippen LogP contribution in [0.1, 0.15) is 49.2 Å². The number of ether oxygens (including phenoxy) is 2. The minimum atomic E-state index is -0.551. The van der Waals surface area contributed by atoms with Gasteiger partial charge < -0.3 is 19.5 Å². The number of nitrogens with zero attached hydrogens (tertiary/aromatic N) is 1. The van der Waals surface area contributed by atoms with Crippen LogP contribution in [0.5, 0.6) is 11.5 Å². The van der Waals surface area contributed by atoms with Crippen LogP contribution in [0.3, 0.4) is 0 Å². The van der Waals surface area contributed by atoms with E-state index in [9.17, 15) is 9.90 Å². The van der Waals surface area contributed by atoms with Crippen molar-refractivity contribution in [2.24, 2.45) is 0 Å². The number of aliphatic hydroxyl groups is 1. The number of hydrogen-bond acceptors (Lipinski definition) is 4. The maximum atomic E-state index is 13.3. The molecule has 0 bridgehead atoms. The number of para-hydroxylation sites is 1. The van der Waals surface area contributed by atoms with E-state index in [2.05, 4.69) is 0 Å². The maximum Gasteiger partial charge on any atom is 0.258 e. The highest BCUT2D eigenvalue weighted by Crippen LogP contribution is 2.38. The fourth-order valence-electron chi connectivity index (χ4n) is 3.41. The summed E-state index contributed by atoms with van der Waals surface area (Å²) in [7, 11) is 0. The SMILES string of the molecule is CCOc1ccc(C(=O)N2c3ccccc3C(O)CC2C)cc1OCC. The first-order chi connectivity index (χ1) is 12.6. The molecule has 2 atom stereocenters. The third-order valence-corrected chi connectivity index (χ3v) is 4.57. The number of anilines is 1. The molecule has 1 heterocycles. The quantitative estimate of drug-likeness (QED) is 0.882. The van der Waals surface area contributed by atoms with Crippen molar-refractivity contribution in [1.82, 2.24) is 0 Å². The summed E-state index contributed by atoms with van der Waals surface area (Å²) in [5.74, 6) is 1.09. The summed E-state index contributed by atoms with van der Waals surface area (Å²) in [4.78, 5) is 15.0. The van der Waals surface area contributed by atoms with Gasteiger partial charge in [0.15, 0.2) is 11.5 Å². The summed E-state index contributed by atoms with van der Waals surface area (Å²) in [6, 6.07) is 12.7. The Kier molecular flexibility index (Phi) is 5.47. The first-order valence-corrected chi connectivity index (χ1v) is 9.07. The number of amides is 1. The highest BCUT2D eigenvalue weighted by atomic mass is 16.5. The van der Waals surface area contributed by atoms with E-state index in [0.29, 0.717) is 36.7 Å². The van der Waals surface area contributed by atoms with Crippen molar-refractivity contribution in [2.75, 3.05) is 18.1 Å². The molecule has 0 spiro atoms. The van der Waals surface area contributed by atoms with Crippen molar-refractivity contribution in [3.63, 3.8) is 0 Å². The van der Waals surface area contributed by atoms with Gasteiger partial charge in [-0.1, -0.05) is 18.2 Å². The van der Waals surface area contributed by atoms with Crippen molar-refractivity contribution < 1.29 is 19.4 Å². The van der Waals surface area contributed by atoms with Crippen molar-refractivity contribution in [3.05, 3.63) is 53.6 Å². The van der Waals surface area contributed by atoms with Crippen LogP contribution in [0.15, 0.2) is 42.5 Å². The van der Waals surface area contributed by atoms with Crippen LogP contribution in [0, 0.1) is 0 Å². The van der Waals surface area contributed by atoms with Crippen LogP contribution >= 0.6 is 0 Å². The molecule has 1 aliphatic rings. The first-order valence-electron chi connectivity index (χ1n) is 9.07. The number of carbonyl (C=O) groups excluding carboxylic acids is 1. The maximum absolute atomic E-state index is 13.3. The Bertz CT molecular complexity index is 789. The molecule has 3 rings (SSSR count). The van der Waals surface area contributed by atoms with Gasteiger partial charge in [0.05, 0.1) is 25.0 Å². The minimum absolute atomic E-state index is 0.102. The highest BCUT2D eigenvalue weighted by molar-refractivity contribution is 6.07. The van der Waals surface area contributed by atoms with Crippen molar-refractivity contribution >= 4 is 11.6 Å². The molecule has 5 nitrogen and oxygen atoms in total. The molecule has 1 N–H and O–H groups in total. The van der Waals surface area contributed by atoms with Crippen molar-refractivity contribution in [3.8, 4) is 11.5 Å². The average molecular weight is 355 g/mol. The second-order valence-corrected chi connectivity index (χ2v) is 6.36. The molecule has 26 heavy (non-hydrogen) atoms. The standard InChI is InChI=1S/C21H25NO4/c1-4-25-19-11-10-15(13-20(19)26-5-2)21(24)22-14(3)12-18(23)16-8-6-7-9-17(16)22/h6-11,13-14,18,23H,4-5,12H2,1-3H3. The molecule has 138 valence electrons. The monoisotopic (exact) mass is 355 g/mol. The van der Waals surface area contributed by atoms with E-state index < -0.39 is 6.10 Å². The van der Waals surface area contributed by atoms with Gasteiger partial charge in [0.2, 0.25) is 0 Å². The molecule has 5 heteroatoms. The number of aliphatic hydroxyl groups excluding tert-OH is 1. The lowest BCUT2D eigenvalue weighted by Gasteiger charge is -2.37. The molecule has 2 unspecified atom stereocenters. The summed E-state index contributed by atoms with van der Waals surface area (Å²) in [6.45, 7) is 6.78. The van der Waals surface area contributed by atoms with Crippen LogP contribution in [0.4, 0.5) is 5.69 Å². The van der Waals surface area contributed by atoms with E-state index in [1.165, 1.54) is 0 Å². The average Bonchev–Trinajstić information content (AvgIpc) is 2.63. The lowest BCUT2D eigenvalue weighted by molar-refractivity contribution is 0.0948. The van der Waals surface area contributed by atoms with Gasteiger partial charge in [-0.05, 0) is 51.5 Å². The summed E-state index contributed by atoms with van der Waals surface area (Å²) in [5.41, 5.74) is 2.08. The molecule has 0 saturated carbocycles. The van der Waals surface area contributed by atoms with E-state index in [-0.39, 0.29) is 11.9 Å². The zero-order valence-corrected chi connectivity index (χ0v) is 15.4. The number of fused-ring (bicyclic) bond motifs is 1. The first kappa shape index (κ1) is 18.3. The highest BCUT2D eigenvalue weighted by Gasteiger charge is 2.33. The molecule has 0 radical (unpaired) electrons. The molecule has 2 aromatic rings. The lowest BCUT2D eigenvalue weighted by atomic mass is 9.93. The third kappa shape index (κ3) is 3.40. The Balaban J connectivity index is 1.98. The second kappa shape index (κ2) is 7.79. The minimum Gasteiger partial charge on any atom is -0.490 e. The topological polar surface area (TPSA) is 59.0 Å². The second-order valence-electron chi connectivity index (χ2n) is 6.36. The molecule has 0 saturated heterocycles. The molecular weight excluding hydrogens is 330 g/mol. The number of hydrogen-bond donors (Lipinski definition) is 1. The van der Waals surface area contributed by atoms with E-state index in [0.717, 1.165) is 11.3 Å². The van der Waals surface area contributed by atoms with Gasteiger partial charge in [0.25, 0.3) is 5.91 Å². The van der Waals surface area contributed by atoms with Crippen LogP contribution in [0.2, 0.25) is 0 Å². The van der Waals surface area contributed by atoms with Gasteiger partial charge in [-0.25, -0.2) is 0 Å². The number of carbonyl (C=O) groups is 1. The zero-order valence-electron chi connectivity index (χ0n) is 15.4. The molecule has 1 amide bonds. The fraction of sp³-hybridized carbons (Fsp3) is 0.381. The van der Waals surface area contributed by atoms with Crippen molar-refractivity contribution in [1.29, 1.82) is 0 Å². The normalized spacial score (nSPS) is 19.0. The third-order valence-electron chi connectivity index (χ3n) is 4.57. The van der Waals surface area contributed by atoms with E-state index in [4.69, 9.17) is 9.47 Å². The van der Waals surface area contributed by atoms with Crippen molar-refractivity contribution in [2.45, 2.75) is 39.3 Å². The summed E-state index contributed by atoms with van der Waals surface area (Å²) in [6.07, 6.45) is -0.0393. The Labute approximate surface area is 154 Å². The largest absolute Gasteiger partial charge is 0.490 e. The van der Waals surface area contributed by atoms with Crippen LogP contribution < -0.4 is 14.4 Å². The molecule has 0 fully saturated rings. The van der Waals surface area contributed by atoms with Gasteiger partial charge in [0.1, 0.15) is 0 Å². The smallest absolute Gasteiger partial charge is 0.258 e. The molecule has 0 aromatic heterocycles. The van der Waals surface area contributed by atoms with Gasteiger partial charge in [-0.2, -0.15) is 0 Å². The van der Waals surface area contributed by atoms with E-state index >= 15 is 0 Å². The van der Waals surface area contributed by atoms with Gasteiger partial charge in [-0.15, -0.1) is 0 Å². The molecular formula is C21H25NO4. The Hall–Kier alpha value is -2.53.